The van der Waals surface area contributed by atoms with Crippen LogP contribution in [-0.2, 0) is 25.6 Å². The van der Waals surface area contributed by atoms with Crippen LogP contribution in [0.2, 0.25) is 0 Å². The van der Waals surface area contributed by atoms with Gasteiger partial charge in [-0.15, -0.1) is 0 Å². The molecule has 1 aromatic carbocycles. The van der Waals surface area contributed by atoms with Gasteiger partial charge in [0.15, 0.2) is 0 Å². The minimum Gasteiger partial charge on any atom is -0.480 e. The van der Waals surface area contributed by atoms with Crippen LogP contribution >= 0.6 is 0 Å². The molecule has 36 heavy (non-hydrogen) atoms. The number of aromatic amines is 1. The van der Waals surface area contributed by atoms with Crippen molar-refractivity contribution in [1.82, 2.24) is 20.9 Å². The van der Waals surface area contributed by atoms with E-state index in [1.54, 1.807) is 6.20 Å². The maximum atomic E-state index is 12.8. The van der Waals surface area contributed by atoms with E-state index in [-0.39, 0.29) is 12.3 Å². The van der Waals surface area contributed by atoms with Crippen LogP contribution in [0.4, 0.5) is 0 Å². The second kappa shape index (κ2) is 14.2. The molecule has 0 aliphatic heterocycles. The van der Waals surface area contributed by atoms with Crippen molar-refractivity contribution in [3.05, 3.63) is 36.0 Å². The van der Waals surface area contributed by atoms with Gasteiger partial charge >= 0.3 is 5.97 Å². The molecule has 4 unspecified atom stereocenters. The smallest absolute Gasteiger partial charge is 0.326 e. The third-order valence-electron chi connectivity index (χ3n) is 6.25. The average Bonchev–Trinajstić information content (AvgIpc) is 3.27. The lowest BCUT2D eigenvalue weighted by molar-refractivity contribution is -0.141. The Bertz CT molecular complexity index is 1040. The number of H-pyrrole nitrogens is 1. The summed E-state index contributed by atoms with van der Waals surface area (Å²) in [5, 5.41) is 18.1. The van der Waals surface area contributed by atoms with Crippen molar-refractivity contribution in [1.29, 1.82) is 0 Å². The van der Waals surface area contributed by atoms with Crippen LogP contribution < -0.4 is 27.4 Å². The normalized spacial score (nSPS) is 14.4. The number of rotatable bonds is 15. The number of carbonyl (C=O) groups excluding carboxylic acids is 3. The lowest BCUT2D eigenvalue weighted by atomic mass is 9.97. The molecule has 1 heterocycles. The predicted octanol–water partition coefficient (Wildman–Crippen LogP) is 0.383. The molecule has 0 saturated carbocycles. The van der Waals surface area contributed by atoms with Gasteiger partial charge in [-0.25, -0.2) is 4.79 Å². The van der Waals surface area contributed by atoms with Gasteiger partial charge in [0, 0.05) is 23.5 Å². The van der Waals surface area contributed by atoms with Crippen LogP contribution in [0.3, 0.4) is 0 Å². The zero-order valence-corrected chi connectivity index (χ0v) is 20.9. The summed E-state index contributed by atoms with van der Waals surface area (Å²) in [5.41, 5.74) is 13.0. The Morgan fingerprint density at radius 3 is 2.47 bits per heavy atom. The van der Waals surface area contributed by atoms with Crippen molar-refractivity contribution in [2.45, 2.75) is 64.1 Å². The van der Waals surface area contributed by atoms with Gasteiger partial charge in [-0.2, -0.15) is 0 Å². The first-order valence-electron chi connectivity index (χ1n) is 12.3. The summed E-state index contributed by atoms with van der Waals surface area (Å²) in [5.74, 6) is -3.02. The van der Waals surface area contributed by atoms with Gasteiger partial charge in [-0.3, -0.25) is 14.4 Å². The summed E-state index contributed by atoms with van der Waals surface area (Å²) in [6, 6.07) is 4.65. The molecule has 0 aliphatic rings. The van der Waals surface area contributed by atoms with Crippen LogP contribution in [0.15, 0.2) is 30.5 Å². The average molecular weight is 503 g/mol. The van der Waals surface area contributed by atoms with Gasteiger partial charge in [0.1, 0.15) is 12.1 Å². The van der Waals surface area contributed by atoms with Crippen molar-refractivity contribution >= 4 is 34.6 Å². The Hall–Kier alpha value is -3.44. The van der Waals surface area contributed by atoms with Crippen molar-refractivity contribution in [2.75, 3.05) is 13.1 Å². The molecule has 0 bridgehead atoms. The van der Waals surface area contributed by atoms with E-state index in [2.05, 4.69) is 20.9 Å². The fourth-order valence-corrected chi connectivity index (χ4v) is 3.85. The van der Waals surface area contributed by atoms with E-state index in [1.165, 1.54) is 0 Å². The molecule has 1 aromatic heterocycles. The highest BCUT2D eigenvalue weighted by Gasteiger charge is 2.28. The number of para-hydroxylation sites is 1. The van der Waals surface area contributed by atoms with Crippen LogP contribution in [0.5, 0.6) is 0 Å². The third kappa shape index (κ3) is 8.35. The molecular weight excluding hydrogens is 464 g/mol. The summed E-state index contributed by atoms with van der Waals surface area (Å²) < 4.78 is 0. The number of nitrogens with one attached hydrogen (secondary N) is 4. The Labute approximate surface area is 210 Å². The van der Waals surface area contributed by atoms with E-state index in [9.17, 15) is 24.3 Å². The molecule has 0 fully saturated rings. The van der Waals surface area contributed by atoms with Gasteiger partial charge in [-0.1, -0.05) is 44.9 Å². The quantitative estimate of drug-likeness (QED) is 0.171. The molecule has 2 aromatic rings. The van der Waals surface area contributed by atoms with Gasteiger partial charge < -0.3 is 37.5 Å². The monoisotopic (exact) mass is 502 g/mol. The second-order valence-electron chi connectivity index (χ2n) is 9.00. The van der Waals surface area contributed by atoms with E-state index >= 15 is 0 Å². The van der Waals surface area contributed by atoms with Crippen LogP contribution in [0.1, 0.15) is 45.1 Å². The lowest BCUT2D eigenvalue weighted by Gasteiger charge is -2.25. The van der Waals surface area contributed by atoms with Crippen LogP contribution in [0, 0.1) is 5.92 Å². The van der Waals surface area contributed by atoms with Gasteiger partial charge in [0.2, 0.25) is 17.7 Å². The Balaban J connectivity index is 1.94. The molecule has 2 rings (SSSR count). The number of carboxylic acid groups (broad SMARTS) is 1. The van der Waals surface area contributed by atoms with Crippen molar-refractivity contribution in [2.24, 2.45) is 17.4 Å². The fourth-order valence-electron chi connectivity index (χ4n) is 3.85. The maximum absolute atomic E-state index is 12.8. The number of benzene rings is 1. The summed E-state index contributed by atoms with van der Waals surface area (Å²) in [7, 11) is 0. The SMILES string of the molecule is CCC(C)C(NC(=O)C(N)CCCCN)C(=O)NCC(=O)NC(Cc1c[nH]c2ccccc12)C(=O)O. The second-order valence-corrected chi connectivity index (χ2v) is 9.00. The van der Waals surface area contributed by atoms with E-state index in [0.717, 1.165) is 22.9 Å². The Morgan fingerprint density at radius 1 is 1.08 bits per heavy atom. The number of amides is 3. The number of carboxylic acids is 1. The molecule has 0 aliphatic carbocycles. The lowest BCUT2D eigenvalue weighted by Crippen LogP contribution is -2.55. The number of hydrogen-bond acceptors (Lipinski definition) is 6. The molecule has 0 spiro atoms. The van der Waals surface area contributed by atoms with E-state index in [4.69, 9.17) is 11.5 Å². The van der Waals surface area contributed by atoms with Crippen LogP contribution in [-0.4, -0.2) is 65.0 Å². The summed E-state index contributed by atoms with van der Waals surface area (Å²) in [6.45, 7) is 3.78. The molecule has 11 heteroatoms. The Kier molecular flexibility index (Phi) is 11.4. The molecule has 11 nitrogen and oxygen atoms in total. The van der Waals surface area contributed by atoms with Crippen molar-refractivity contribution < 1.29 is 24.3 Å². The molecule has 3 amide bonds. The summed E-state index contributed by atoms with van der Waals surface area (Å²) >= 11 is 0. The zero-order chi connectivity index (χ0) is 26.7. The van der Waals surface area contributed by atoms with E-state index < -0.39 is 48.4 Å². The van der Waals surface area contributed by atoms with E-state index in [0.29, 0.717) is 25.8 Å². The minimum absolute atomic E-state index is 0.0760. The Morgan fingerprint density at radius 2 is 1.81 bits per heavy atom. The highest BCUT2D eigenvalue weighted by atomic mass is 16.4. The molecule has 4 atom stereocenters. The van der Waals surface area contributed by atoms with Crippen molar-refractivity contribution in [3.8, 4) is 0 Å². The molecule has 0 saturated heterocycles. The summed E-state index contributed by atoms with van der Waals surface area (Å²) in [4.78, 5) is 52.6. The topological polar surface area (TPSA) is 192 Å². The number of hydrogen-bond donors (Lipinski definition) is 7. The first kappa shape index (κ1) is 28.8. The largest absolute Gasteiger partial charge is 0.480 e. The minimum atomic E-state index is -1.19. The third-order valence-corrected chi connectivity index (χ3v) is 6.25. The molecular formula is C25H38N6O5. The van der Waals surface area contributed by atoms with Gasteiger partial charge in [-0.05, 0) is 36.9 Å². The zero-order valence-electron chi connectivity index (χ0n) is 20.9. The number of nitrogens with two attached hydrogens (primary N) is 2. The maximum Gasteiger partial charge on any atom is 0.326 e. The molecule has 9 N–H and O–H groups in total. The number of carbonyl (C=O) groups is 4. The predicted molar refractivity (Wildman–Crippen MR) is 137 cm³/mol. The number of unbranched alkanes of at least 4 members (excludes halogenated alkanes) is 1. The van der Waals surface area contributed by atoms with Crippen molar-refractivity contribution in [3.63, 3.8) is 0 Å². The number of aliphatic carboxylic acids is 1. The first-order valence-corrected chi connectivity index (χ1v) is 12.3. The standard InChI is InChI=1S/C25H38N6O5/c1-3-15(2)22(31-23(33)18(27)9-6-7-11-26)24(34)29-14-21(32)30-20(25(35)36)12-16-13-28-19-10-5-4-8-17(16)19/h4-5,8,10,13,15,18,20,22,28H,3,6-7,9,11-12,14,26-27H2,1-2H3,(H,29,34)(H,30,32)(H,31,33)(H,35,36). The number of fused-ring (bicyclic) bond motifs is 1. The van der Waals surface area contributed by atoms with Gasteiger partial charge in [0.05, 0.1) is 12.6 Å². The first-order chi connectivity index (χ1) is 17.2. The fraction of sp³-hybridized carbons (Fsp3) is 0.520. The number of aromatic nitrogens is 1. The summed E-state index contributed by atoms with van der Waals surface area (Å²) in [6.07, 6.45) is 4.31. The van der Waals surface area contributed by atoms with Crippen LogP contribution in [0.25, 0.3) is 10.9 Å². The molecule has 0 radical (unpaired) electrons. The highest BCUT2D eigenvalue weighted by Crippen LogP contribution is 2.19. The van der Waals surface area contributed by atoms with E-state index in [1.807, 2.05) is 38.1 Å². The highest BCUT2D eigenvalue weighted by molar-refractivity contribution is 5.93. The van der Waals surface area contributed by atoms with Gasteiger partial charge in [0.25, 0.3) is 0 Å². The molecule has 198 valence electrons.